The molecule has 3 rings (SSSR count). The third kappa shape index (κ3) is 5.77. The summed E-state index contributed by atoms with van der Waals surface area (Å²) in [5, 5.41) is 0. The Kier molecular flexibility index (Phi) is 6.57. The highest BCUT2D eigenvalue weighted by Crippen LogP contribution is 2.34. The highest BCUT2D eigenvalue weighted by atomic mass is 19.3. The number of hydrogen-bond acceptors (Lipinski definition) is 5. The Morgan fingerprint density at radius 2 is 2.04 bits per heavy atom. The van der Waals surface area contributed by atoms with E-state index in [2.05, 4.69) is 9.72 Å². The molecule has 1 fully saturated rings. The lowest BCUT2D eigenvalue weighted by molar-refractivity contribution is -0.0515. The summed E-state index contributed by atoms with van der Waals surface area (Å²) in [5.41, 5.74) is 1.71. The molecule has 0 amide bonds. The standard InChI is InChI=1S/C21H21F2NO4/c1-2-26-20(25)16-9-10-24-17(12-16)7-5-14-6-8-18(28-21(22)23)19(11-14)27-13-15-3-4-15/h5-12,15,21H,2-4,13H2,1H3/b7-5+. The van der Waals surface area contributed by atoms with Gasteiger partial charge in [0.15, 0.2) is 11.5 Å². The van der Waals surface area contributed by atoms with Crippen LogP contribution in [-0.4, -0.2) is 30.8 Å². The second-order valence-corrected chi connectivity index (χ2v) is 6.36. The summed E-state index contributed by atoms with van der Waals surface area (Å²) in [6.45, 7) is -0.400. The Morgan fingerprint density at radius 3 is 2.75 bits per heavy atom. The first-order valence-electron chi connectivity index (χ1n) is 9.08. The van der Waals surface area contributed by atoms with E-state index >= 15 is 0 Å². The summed E-state index contributed by atoms with van der Waals surface area (Å²) in [7, 11) is 0. The molecule has 5 nitrogen and oxygen atoms in total. The molecule has 0 unspecified atom stereocenters. The summed E-state index contributed by atoms with van der Waals surface area (Å²) in [5.74, 6) is 0.357. The first-order valence-corrected chi connectivity index (χ1v) is 9.08. The Labute approximate surface area is 161 Å². The molecular formula is C21H21F2NO4. The molecular weight excluding hydrogens is 368 g/mol. The van der Waals surface area contributed by atoms with E-state index in [1.54, 1.807) is 43.3 Å². The van der Waals surface area contributed by atoms with Crippen molar-refractivity contribution in [2.75, 3.05) is 13.2 Å². The van der Waals surface area contributed by atoms with Gasteiger partial charge in [0.2, 0.25) is 0 Å². The first kappa shape index (κ1) is 19.8. The van der Waals surface area contributed by atoms with E-state index in [4.69, 9.17) is 9.47 Å². The fourth-order valence-electron chi connectivity index (χ4n) is 2.49. The van der Waals surface area contributed by atoms with E-state index < -0.39 is 12.6 Å². The maximum atomic E-state index is 12.6. The topological polar surface area (TPSA) is 57.7 Å². The lowest BCUT2D eigenvalue weighted by atomic mass is 10.1. The number of nitrogens with zero attached hydrogens (tertiary/aromatic N) is 1. The van der Waals surface area contributed by atoms with Gasteiger partial charge < -0.3 is 14.2 Å². The maximum absolute atomic E-state index is 12.6. The molecule has 1 heterocycles. The maximum Gasteiger partial charge on any atom is 0.387 e. The number of carbonyl (C=O) groups is 1. The number of halogens is 2. The molecule has 0 N–H and O–H groups in total. The molecule has 0 spiro atoms. The van der Waals surface area contributed by atoms with Crippen LogP contribution in [0.2, 0.25) is 0 Å². The lowest BCUT2D eigenvalue weighted by Gasteiger charge is -2.12. The van der Waals surface area contributed by atoms with Crippen molar-refractivity contribution in [1.82, 2.24) is 4.98 Å². The van der Waals surface area contributed by atoms with Crippen LogP contribution in [0.3, 0.4) is 0 Å². The zero-order valence-corrected chi connectivity index (χ0v) is 15.4. The van der Waals surface area contributed by atoms with Crippen molar-refractivity contribution in [2.24, 2.45) is 5.92 Å². The highest BCUT2D eigenvalue weighted by Gasteiger charge is 2.23. The van der Waals surface area contributed by atoms with Gasteiger partial charge in [-0.25, -0.2) is 4.79 Å². The Hall–Kier alpha value is -2.96. The molecule has 1 aliphatic carbocycles. The van der Waals surface area contributed by atoms with Gasteiger partial charge in [0.25, 0.3) is 0 Å². The van der Waals surface area contributed by atoms with E-state index in [0.29, 0.717) is 30.4 Å². The second-order valence-electron chi connectivity index (χ2n) is 6.36. The van der Waals surface area contributed by atoms with Crippen molar-refractivity contribution in [3.63, 3.8) is 0 Å². The number of esters is 1. The van der Waals surface area contributed by atoms with Crippen molar-refractivity contribution in [1.29, 1.82) is 0 Å². The van der Waals surface area contributed by atoms with Gasteiger partial charge in [-0.3, -0.25) is 4.98 Å². The molecule has 0 aliphatic heterocycles. The van der Waals surface area contributed by atoms with Gasteiger partial charge in [0, 0.05) is 6.20 Å². The number of benzene rings is 1. The number of rotatable bonds is 9. The van der Waals surface area contributed by atoms with Crippen molar-refractivity contribution < 1.29 is 27.8 Å². The summed E-state index contributed by atoms with van der Waals surface area (Å²) in [4.78, 5) is 16.0. The minimum Gasteiger partial charge on any atom is -0.489 e. The van der Waals surface area contributed by atoms with Crippen LogP contribution in [0.1, 0.15) is 41.4 Å². The van der Waals surface area contributed by atoms with Crippen molar-refractivity contribution in [2.45, 2.75) is 26.4 Å². The summed E-state index contributed by atoms with van der Waals surface area (Å²) < 4.78 is 40.4. The van der Waals surface area contributed by atoms with Gasteiger partial charge in [-0.15, -0.1) is 0 Å². The largest absolute Gasteiger partial charge is 0.489 e. The average Bonchev–Trinajstić information content (AvgIpc) is 3.50. The van der Waals surface area contributed by atoms with E-state index in [1.807, 2.05) is 0 Å². The molecule has 1 aromatic carbocycles. The monoisotopic (exact) mass is 389 g/mol. The molecule has 2 aromatic rings. The van der Waals surface area contributed by atoms with Crippen LogP contribution in [0.5, 0.6) is 11.5 Å². The summed E-state index contributed by atoms with van der Waals surface area (Å²) in [6.07, 6.45) is 7.18. The van der Waals surface area contributed by atoms with Crippen LogP contribution in [0.15, 0.2) is 36.5 Å². The molecule has 28 heavy (non-hydrogen) atoms. The van der Waals surface area contributed by atoms with E-state index in [9.17, 15) is 13.6 Å². The van der Waals surface area contributed by atoms with Crippen LogP contribution < -0.4 is 9.47 Å². The van der Waals surface area contributed by atoms with Gasteiger partial charge in [0.1, 0.15) is 0 Å². The first-order chi connectivity index (χ1) is 13.5. The summed E-state index contributed by atoms with van der Waals surface area (Å²) in [6, 6.07) is 7.94. The summed E-state index contributed by atoms with van der Waals surface area (Å²) >= 11 is 0. The number of alkyl halides is 2. The van der Waals surface area contributed by atoms with E-state index in [1.165, 1.54) is 12.3 Å². The highest BCUT2D eigenvalue weighted by molar-refractivity contribution is 5.90. The third-order valence-corrected chi connectivity index (χ3v) is 4.09. The van der Waals surface area contributed by atoms with E-state index in [0.717, 1.165) is 18.4 Å². The number of ether oxygens (including phenoxy) is 3. The smallest absolute Gasteiger partial charge is 0.387 e. The molecule has 1 aliphatic rings. The van der Waals surface area contributed by atoms with Crippen molar-refractivity contribution in [3.8, 4) is 11.5 Å². The van der Waals surface area contributed by atoms with Crippen molar-refractivity contribution in [3.05, 3.63) is 53.3 Å². The fourth-order valence-corrected chi connectivity index (χ4v) is 2.49. The minimum absolute atomic E-state index is 0.00948. The molecule has 0 saturated heterocycles. The Morgan fingerprint density at radius 1 is 1.21 bits per heavy atom. The lowest BCUT2D eigenvalue weighted by Crippen LogP contribution is -2.06. The molecule has 0 atom stereocenters. The minimum atomic E-state index is -2.92. The third-order valence-electron chi connectivity index (χ3n) is 4.09. The van der Waals surface area contributed by atoms with Gasteiger partial charge in [-0.2, -0.15) is 8.78 Å². The van der Waals surface area contributed by atoms with Crippen LogP contribution in [0, 0.1) is 5.92 Å². The fraction of sp³-hybridized carbons (Fsp3) is 0.333. The predicted octanol–water partition coefficient (Wildman–Crippen LogP) is 4.82. The number of hydrogen-bond donors (Lipinski definition) is 0. The average molecular weight is 389 g/mol. The normalized spacial score (nSPS) is 13.7. The molecule has 0 bridgehead atoms. The van der Waals surface area contributed by atoms with Gasteiger partial charge in [-0.05, 0) is 61.6 Å². The van der Waals surface area contributed by atoms with Gasteiger partial charge in [0.05, 0.1) is 24.5 Å². The molecule has 148 valence electrons. The Bertz CT molecular complexity index is 850. The molecule has 1 saturated carbocycles. The van der Waals surface area contributed by atoms with Crippen LogP contribution in [0.25, 0.3) is 12.2 Å². The predicted molar refractivity (Wildman–Crippen MR) is 100 cm³/mol. The van der Waals surface area contributed by atoms with Crippen LogP contribution in [-0.2, 0) is 4.74 Å². The zero-order valence-electron chi connectivity index (χ0n) is 15.4. The Balaban J connectivity index is 1.76. The van der Waals surface area contributed by atoms with Crippen molar-refractivity contribution >= 4 is 18.1 Å². The second kappa shape index (κ2) is 9.30. The van der Waals surface area contributed by atoms with Crippen LogP contribution >= 0.6 is 0 Å². The quantitative estimate of drug-likeness (QED) is 0.576. The number of carbonyl (C=O) groups excluding carboxylic acids is 1. The van der Waals surface area contributed by atoms with E-state index in [-0.39, 0.29) is 11.5 Å². The molecule has 7 heteroatoms. The van der Waals surface area contributed by atoms with Gasteiger partial charge in [-0.1, -0.05) is 12.1 Å². The SMILES string of the molecule is CCOC(=O)c1ccnc(/C=C/c2ccc(OC(F)F)c(OCC3CC3)c2)c1. The molecule has 1 aromatic heterocycles. The zero-order chi connectivity index (χ0) is 19.9. The van der Waals surface area contributed by atoms with Gasteiger partial charge >= 0.3 is 12.6 Å². The number of pyridine rings is 1. The van der Waals surface area contributed by atoms with Crippen LogP contribution in [0.4, 0.5) is 8.78 Å². The molecule has 0 radical (unpaired) electrons. The number of aromatic nitrogens is 1.